The second-order valence-electron chi connectivity index (χ2n) is 6.73. The zero-order valence-corrected chi connectivity index (χ0v) is 17.5. The van der Waals surface area contributed by atoms with E-state index in [-0.39, 0.29) is 11.9 Å². The van der Waals surface area contributed by atoms with Gasteiger partial charge in [0.05, 0.1) is 38.0 Å². The van der Waals surface area contributed by atoms with Crippen LogP contribution in [0.3, 0.4) is 0 Å². The number of hydrogen-bond acceptors (Lipinski definition) is 4. The topological polar surface area (TPSA) is 60.7 Å². The summed E-state index contributed by atoms with van der Waals surface area (Å²) in [5.41, 5.74) is 6.46. The first kappa shape index (κ1) is 21.3. The van der Waals surface area contributed by atoms with Crippen LogP contribution >= 0.6 is 0 Å². The van der Waals surface area contributed by atoms with Crippen molar-refractivity contribution < 1.29 is 14.0 Å². The third-order valence-electron chi connectivity index (χ3n) is 4.52. The van der Waals surface area contributed by atoms with Gasteiger partial charge >= 0.3 is 0 Å². The lowest BCUT2D eigenvalue weighted by Crippen LogP contribution is -2.20. The summed E-state index contributed by atoms with van der Waals surface area (Å²) in [5.74, 6) is 1.00. The predicted molar refractivity (Wildman–Crippen MR) is 116 cm³/mol. The van der Waals surface area contributed by atoms with E-state index in [2.05, 4.69) is 15.5 Å². The van der Waals surface area contributed by atoms with Crippen LogP contribution < -0.4 is 10.2 Å². The lowest BCUT2D eigenvalue weighted by atomic mass is 10.1. The Kier molecular flexibility index (Phi) is 6.98. The van der Waals surface area contributed by atoms with E-state index in [1.807, 2.05) is 55.0 Å². The van der Waals surface area contributed by atoms with Crippen molar-refractivity contribution >= 4 is 11.9 Å². The molecule has 1 N–H and O–H groups in total. The number of aryl methyl sites for hydroxylation is 1. The van der Waals surface area contributed by atoms with E-state index < -0.39 is 0 Å². The molecule has 3 aromatic rings. The van der Waals surface area contributed by atoms with Crippen molar-refractivity contribution in [1.82, 2.24) is 15.0 Å². The number of aromatic nitrogens is 2. The molecule has 30 heavy (non-hydrogen) atoms. The van der Waals surface area contributed by atoms with Crippen LogP contribution in [-0.2, 0) is 4.84 Å². The highest BCUT2D eigenvalue weighted by Gasteiger charge is 2.08. The highest BCUT2D eigenvalue weighted by atomic mass is 19.1. The molecule has 0 aliphatic carbocycles. The first-order valence-electron chi connectivity index (χ1n) is 9.49. The molecule has 0 fully saturated rings. The quantitative estimate of drug-likeness (QED) is 0.351. The van der Waals surface area contributed by atoms with Crippen molar-refractivity contribution in [3.05, 3.63) is 83.7 Å². The molecule has 0 aliphatic rings. The van der Waals surface area contributed by atoms with E-state index >= 15 is 0 Å². The van der Waals surface area contributed by atoms with E-state index in [0.717, 1.165) is 28.3 Å². The van der Waals surface area contributed by atoms with Gasteiger partial charge in [0.1, 0.15) is 17.4 Å². The number of nitrogens with zero attached hydrogens (tertiary/aromatic N) is 3. The Morgan fingerprint density at radius 3 is 2.60 bits per heavy atom. The number of benzene rings is 2. The van der Waals surface area contributed by atoms with Gasteiger partial charge in [0.15, 0.2) is 0 Å². The summed E-state index contributed by atoms with van der Waals surface area (Å²) in [6, 6.07) is 12.0. The number of nitrogens with one attached hydrogen (secondary N) is 1. The molecule has 1 atom stereocenters. The average molecular weight is 408 g/mol. The predicted octanol–water partition coefficient (Wildman–Crippen LogP) is 4.65. The monoisotopic (exact) mass is 408 g/mol. The van der Waals surface area contributed by atoms with Crippen molar-refractivity contribution in [1.29, 1.82) is 0 Å². The Morgan fingerprint density at radius 1 is 1.20 bits per heavy atom. The van der Waals surface area contributed by atoms with E-state index in [4.69, 9.17) is 9.57 Å². The number of hydroxylamine groups is 1. The Labute approximate surface area is 175 Å². The zero-order valence-electron chi connectivity index (χ0n) is 17.5. The highest BCUT2D eigenvalue weighted by molar-refractivity contribution is 5.96. The molecule has 156 valence electrons. The molecule has 1 unspecified atom stereocenters. The lowest BCUT2D eigenvalue weighted by molar-refractivity contribution is 0.145. The molecule has 0 saturated heterocycles. The Hall–Kier alpha value is -3.45. The number of rotatable bonds is 7. The van der Waals surface area contributed by atoms with Crippen LogP contribution in [0, 0.1) is 12.7 Å². The summed E-state index contributed by atoms with van der Waals surface area (Å²) < 4.78 is 20.6. The molecule has 0 aliphatic heterocycles. The summed E-state index contributed by atoms with van der Waals surface area (Å²) in [5, 5.41) is 0. The lowest BCUT2D eigenvalue weighted by Gasteiger charge is -2.11. The molecule has 6 nitrogen and oxygen atoms in total. The van der Waals surface area contributed by atoms with Gasteiger partial charge in [0.25, 0.3) is 0 Å². The number of methoxy groups -OCH3 is 1. The number of amidine groups is 1. The summed E-state index contributed by atoms with van der Waals surface area (Å²) >= 11 is 0. The first-order chi connectivity index (χ1) is 14.5. The van der Waals surface area contributed by atoms with Crippen molar-refractivity contribution in [2.24, 2.45) is 4.99 Å². The van der Waals surface area contributed by atoms with Crippen LogP contribution in [0.15, 0.2) is 66.1 Å². The molecular weight excluding hydrogens is 383 g/mol. The molecule has 7 heteroatoms. The third kappa shape index (κ3) is 5.33. The van der Waals surface area contributed by atoms with Gasteiger partial charge in [-0.3, -0.25) is 9.83 Å². The summed E-state index contributed by atoms with van der Waals surface area (Å²) in [6.07, 6.45) is 7.43. The summed E-state index contributed by atoms with van der Waals surface area (Å²) in [4.78, 5) is 13.9. The van der Waals surface area contributed by atoms with E-state index in [1.165, 1.54) is 19.2 Å². The molecular formula is C23H25FN4O2. The number of halogens is 1. The maximum absolute atomic E-state index is 13.1. The second-order valence-corrected chi connectivity index (χ2v) is 6.73. The fraction of sp³-hybridized carbons (Fsp3) is 0.217. The molecule has 1 heterocycles. The fourth-order valence-corrected chi connectivity index (χ4v) is 2.97. The maximum Gasteiger partial charge on any atom is 0.145 e. The normalized spacial score (nSPS) is 12.9. The van der Waals surface area contributed by atoms with E-state index in [1.54, 1.807) is 25.6 Å². The largest absolute Gasteiger partial charge is 0.495 e. The van der Waals surface area contributed by atoms with Gasteiger partial charge in [-0.25, -0.2) is 14.9 Å². The van der Waals surface area contributed by atoms with Gasteiger partial charge in [0.2, 0.25) is 0 Å². The molecule has 1 aromatic heterocycles. The molecule has 0 saturated carbocycles. The average Bonchev–Trinajstić information content (AvgIpc) is 3.18. The number of aliphatic imine (C=N–C) groups is 1. The molecule has 3 rings (SSSR count). The van der Waals surface area contributed by atoms with Crippen LogP contribution in [0.4, 0.5) is 4.39 Å². The number of hydrogen-bond donors (Lipinski definition) is 1. The Morgan fingerprint density at radius 2 is 1.97 bits per heavy atom. The minimum absolute atomic E-state index is 0.172. The van der Waals surface area contributed by atoms with Gasteiger partial charge in [-0.1, -0.05) is 24.3 Å². The Bertz CT molecular complexity index is 1040. The third-order valence-corrected chi connectivity index (χ3v) is 4.52. The van der Waals surface area contributed by atoms with Gasteiger partial charge in [-0.2, -0.15) is 0 Å². The van der Waals surface area contributed by atoms with Crippen LogP contribution in [0.2, 0.25) is 0 Å². The van der Waals surface area contributed by atoms with Crippen LogP contribution in [0.25, 0.3) is 11.8 Å². The molecule has 0 amide bonds. The zero-order chi connectivity index (χ0) is 21.5. The van der Waals surface area contributed by atoms with Crippen LogP contribution in [0.5, 0.6) is 5.75 Å². The van der Waals surface area contributed by atoms with E-state index in [0.29, 0.717) is 5.84 Å². The van der Waals surface area contributed by atoms with Crippen molar-refractivity contribution in [3.8, 4) is 11.4 Å². The van der Waals surface area contributed by atoms with Crippen molar-refractivity contribution in [3.63, 3.8) is 0 Å². The van der Waals surface area contributed by atoms with Crippen LogP contribution in [0.1, 0.15) is 29.8 Å². The Balaban J connectivity index is 1.82. The minimum Gasteiger partial charge on any atom is -0.495 e. The highest BCUT2D eigenvalue weighted by Crippen LogP contribution is 2.25. The standard InChI is InChI=1S/C23H25FN4O2/c1-16-14-28(15-25-16)21-11-5-18(13-22(21)29-3)6-12-23(27-30-4)26-17(2)19-7-9-20(24)10-8-19/h5-15,17H,1-4H3,(H,26,27). The van der Waals surface area contributed by atoms with Gasteiger partial charge in [0, 0.05) is 6.20 Å². The molecule has 0 radical (unpaired) electrons. The fourth-order valence-electron chi connectivity index (χ4n) is 2.97. The van der Waals surface area contributed by atoms with Gasteiger partial charge in [-0.05, 0) is 55.3 Å². The van der Waals surface area contributed by atoms with Crippen molar-refractivity contribution in [2.75, 3.05) is 14.2 Å². The summed E-state index contributed by atoms with van der Waals surface area (Å²) in [7, 11) is 3.16. The van der Waals surface area contributed by atoms with E-state index in [9.17, 15) is 4.39 Å². The van der Waals surface area contributed by atoms with Gasteiger partial charge < -0.3 is 9.30 Å². The second kappa shape index (κ2) is 9.84. The maximum atomic E-state index is 13.1. The molecule has 0 spiro atoms. The summed E-state index contributed by atoms with van der Waals surface area (Å²) in [6.45, 7) is 3.88. The van der Waals surface area contributed by atoms with Gasteiger partial charge in [-0.15, -0.1) is 0 Å². The first-order valence-corrected chi connectivity index (χ1v) is 9.49. The number of ether oxygens (including phenoxy) is 1. The SMILES string of the molecule is CONC(C=Cc1ccc(-n2cnc(C)c2)c(OC)c1)=NC(C)c1ccc(F)cc1. The smallest absolute Gasteiger partial charge is 0.145 e. The molecule has 2 aromatic carbocycles. The molecule has 0 bridgehead atoms. The minimum atomic E-state index is -0.270. The van der Waals surface area contributed by atoms with Crippen LogP contribution in [-0.4, -0.2) is 29.6 Å². The number of imidazole rings is 1. The van der Waals surface area contributed by atoms with Crippen molar-refractivity contribution in [2.45, 2.75) is 19.9 Å².